The number of carbonyl (C=O) groups excluding carboxylic acids is 3. The molecular weight excluding hydrogens is 484 g/mol. The second-order valence-electron chi connectivity index (χ2n) is 9.58. The summed E-state index contributed by atoms with van der Waals surface area (Å²) in [5.41, 5.74) is 5.31. The lowest BCUT2D eigenvalue weighted by atomic mass is 10.1. The van der Waals surface area contributed by atoms with Crippen molar-refractivity contribution in [2.45, 2.75) is 58.3 Å². The fourth-order valence-corrected chi connectivity index (χ4v) is 4.11. The fraction of sp³-hybridized carbons (Fsp3) is 0.538. The summed E-state index contributed by atoms with van der Waals surface area (Å²) < 4.78 is 20.0. The zero-order chi connectivity index (χ0) is 26.3. The molecule has 1 saturated heterocycles. The molecule has 0 saturated carbocycles. The molecule has 3 atom stereocenters. The number of rotatable bonds is 11. The monoisotopic (exact) mass is 525 g/mol. The number of hydrogen-bond donors (Lipinski definition) is 3. The summed E-state index contributed by atoms with van der Waals surface area (Å²) >= 11 is 0. The van der Waals surface area contributed by atoms with Crippen LogP contribution in [0.15, 0.2) is 30.5 Å². The van der Waals surface area contributed by atoms with Gasteiger partial charge in [0.05, 0.1) is 36.9 Å². The Morgan fingerprint density at radius 2 is 2.05 bits per heavy atom. The van der Waals surface area contributed by atoms with Gasteiger partial charge in [0, 0.05) is 33.3 Å². The summed E-state index contributed by atoms with van der Waals surface area (Å²) in [6.45, 7) is 5.99. The molecule has 4 N–H and O–H groups in total. The van der Waals surface area contributed by atoms with Crippen LogP contribution in [0.3, 0.4) is 0 Å². The third kappa shape index (κ3) is 8.08. The van der Waals surface area contributed by atoms with Gasteiger partial charge in [-0.15, -0.1) is 0 Å². The predicted molar refractivity (Wildman–Crippen MR) is 142 cm³/mol. The number of nitrogens with zero attached hydrogens (tertiary/aromatic N) is 2. The van der Waals surface area contributed by atoms with E-state index in [1.807, 2.05) is 13.8 Å². The first-order valence-electron chi connectivity index (χ1n) is 12.4. The number of ether oxygens (including phenoxy) is 1. The SMILES string of the molecule is CCC(C)C(=O)NCCCCOc1ccc2nccc(C(=O)NCC(=O)N3CC(C)(F)C[C@@H]3N)c2c1.F.[HH].[HH]. The van der Waals surface area contributed by atoms with E-state index in [-0.39, 0.29) is 38.9 Å². The van der Waals surface area contributed by atoms with Gasteiger partial charge < -0.3 is 26.0 Å². The zero-order valence-electron chi connectivity index (χ0n) is 21.6. The van der Waals surface area contributed by atoms with Gasteiger partial charge in [0.25, 0.3) is 5.91 Å². The van der Waals surface area contributed by atoms with Gasteiger partial charge in [-0.1, -0.05) is 13.8 Å². The van der Waals surface area contributed by atoms with Gasteiger partial charge in [-0.2, -0.15) is 0 Å². The molecule has 1 fully saturated rings. The number of unbranched alkanes of at least 4 members (excludes halogenated alkanes) is 1. The van der Waals surface area contributed by atoms with Gasteiger partial charge in [-0.3, -0.25) is 24.1 Å². The first kappa shape index (κ1) is 29.9. The maximum absolute atomic E-state index is 14.2. The van der Waals surface area contributed by atoms with Crippen LogP contribution in [0.2, 0.25) is 0 Å². The molecule has 1 aromatic carbocycles. The molecule has 1 aliphatic rings. The number of benzene rings is 1. The molecule has 11 heteroatoms. The molecule has 2 aromatic rings. The van der Waals surface area contributed by atoms with Crippen LogP contribution in [0.5, 0.6) is 5.75 Å². The van der Waals surface area contributed by atoms with Gasteiger partial charge >= 0.3 is 0 Å². The molecule has 37 heavy (non-hydrogen) atoms. The molecule has 1 aromatic heterocycles. The number of pyridine rings is 1. The van der Waals surface area contributed by atoms with E-state index in [2.05, 4.69) is 15.6 Å². The van der Waals surface area contributed by atoms with Crippen LogP contribution in [-0.2, 0) is 9.59 Å². The van der Waals surface area contributed by atoms with Crippen LogP contribution in [0.25, 0.3) is 10.9 Å². The fourth-order valence-electron chi connectivity index (χ4n) is 4.11. The second-order valence-corrected chi connectivity index (χ2v) is 9.58. The molecule has 2 heterocycles. The molecule has 3 rings (SSSR count). The number of aromatic nitrogens is 1. The molecule has 9 nitrogen and oxygen atoms in total. The summed E-state index contributed by atoms with van der Waals surface area (Å²) in [7, 11) is 0. The lowest BCUT2D eigenvalue weighted by Gasteiger charge is -2.21. The number of nitrogens with two attached hydrogens (primary N) is 1. The van der Waals surface area contributed by atoms with Crippen molar-refractivity contribution in [2.75, 3.05) is 26.2 Å². The first-order valence-corrected chi connectivity index (χ1v) is 12.4. The highest BCUT2D eigenvalue weighted by atomic mass is 19.1. The van der Waals surface area contributed by atoms with E-state index < -0.39 is 23.6 Å². The lowest BCUT2D eigenvalue weighted by Crippen LogP contribution is -2.46. The second kappa shape index (κ2) is 13.3. The maximum Gasteiger partial charge on any atom is 0.252 e. The summed E-state index contributed by atoms with van der Waals surface area (Å²) in [6.07, 6.45) is 3.25. The Labute approximate surface area is 218 Å². The molecule has 0 radical (unpaired) electrons. The zero-order valence-corrected chi connectivity index (χ0v) is 21.6. The van der Waals surface area contributed by atoms with E-state index >= 15 is 0 Å². The van der Waals surface area contributed by atoms with Crippen LogP contribution in [0, 0.1) is 5.92 Å². The molecule has 1 aliphatic heterocycles. The van der Waals surface area contributed by atoms with Crippen molar-refractivity contribution in [1.29, 1.82) is 0 Å². The minimum Gasteiger partial charge on any atom is -0.494 e. The summed E-state index contributed by atoms with van der Waals surface area (Å²) in [5, 5.41) is 6.12. The number of hydrogen-bond acceptors (Lipinski definition) is 6. The van der Waals surface area contributed by atoms with Crippen molar-refractivity contribution in [3.8, 4) is 5.75 Å². The van der Waals surface area contributed by atoms with Crippen LogP contribution in [-0.4, -0.2) is 65.7 Å². The van der Waals surface area contributed by atoms with Crippen LogP contribution >= 0.6 is 0 Å². The largest absolute Gasteiger partial charge is 0.494 e. The van der Waals surface area contributed by atoms with Crippen LogP contribution in [0.1, 0.15) is 59.7 Å². The Kier molecular flexibility index (Phi) is 10.7. The van der Waals surface area contributed by atoms with Crippen LogP contribution in [0.4, 0.5) is 9.09 Å². The van der Waals surface area contributed by atoms with E-state index in [1.165, 1.54) is 18.0 Å². The highest BCUT2D eigenvalue weighted by molar-refractivity contribution is 6.07. The topological polar surface area (TPSA) is 127 Å². The van der Waals surface area contributed by atoms with Crippen molar-refractivity contribution in [3.05, 3.63) is 36.0 Å². The van der Waals surface area contributed by atoms with Gasteiger partial charge in [0.15, 0.2) is 0 Å². The van der Waals surface area contributed by atoms with Crippen molar-refractivity contribution in [1.82, 2.24) is 20.5 Å². The van der Waals surface area contributed by atoms with Crippen molar-refractivity contribution >= 4 is 28.6 Å². The first-order chi connectivity index (χ1) is 17.1. The smallest absolute Gasteiger partial charge is 0.252 e. The number of nitrogens with one attached hydrogen (secondary N) is 2. The summed E-state index contributed by atoms with van der Waals surface area (Å²) in [6, 6.07) is 6.87. The molecule has 2 unspecified atom stereocenters. The highest BCUT2D eigenvalue weighted by Crippen LogP contribution is 2.28. The average molecular weight is 526 g/mol. The maximum atomic E-state index is 14.2. The Balaban J connectivity index is 0.00000481. The minimum absolute atomic E-state index is 0. The quantitative estimate of drug-likeness (QED) is 0.387. The number of amides is 3. The molecule has 208 valence electrons. The summed E-state index contributed by atoms with van der Waals surface area (Å²) in [5.74, 6) is -0.201. The molecular formula is C26H41F2N5O4. The van der Waals surface area contributed by atoms with Gasteiger partial charge in [0.1, 0.15) is 11.4 Å². The number of carbonyl (C=O) groups is 3. The summed E-state index contributed by atoms with van der Waals surface area (Å²) in [4.78, 5) is 42.7. The lowest BCUT2D eigenvalue weighted by molar-refractivity contribution is -0.131. The highest BCUT2D eigenvalue weighted by Gasteiger charge is 2.41. The van der Waals surface area contributed by atoms with Crippen molar-refractivity contribution in [2.24, 2.45) is 11.7 Å². The van der Waals surface area contributed by atoms with Gasteiger partial charge in [0.2, 0.25) is 11.8 Å². The molecule has 0 aliphatic carbocycles. The predicted octanol–water partition coefficient (Wildman–Crippen LogP) is 3.18. The normalized spacial score (nSPS) is 19.7. The van der Waals surface area contributed by atoms with E-state index in [0.29, 0.717) is 35.4 Å². The third-order valence-electron chi connectivity index (χ3n) is 6.41. The van der Waals surface area contributed by atoms with E-state index in [9.17, 15) is 18.8 Å². The van der Waals surface area contributed by atoms with Gasteiger partial charge in [-0.05, 0) is 50.5 Å². The number of alkyl halides is 1. The third-order valence-corrected chi connectivity index (χ3v) is 6.41. The van der Waals surface area contributed by atoms with Crippen LogP contribution < -0.4 is 21.1 Å². The number of likely N-dealkylation sites (tertiary alicyclic amines) is 1. The van der Waals surface area contributed by atoms with E-state index in [0.717, 1.165) is 19.3 Å². The molecule has 0 bridgehead atoms. The molecule has 0 spiro atoms. The number of fused-ring (bicyclic) bond motifs is 1. The average Bonchev–Trinajstić information content (AvgIpc) is 3.15. The Morgan fingerprint density at radius 1 is 1.30 bits per heavy atom. The Morgan fingerprint density at radius 3 is 2.73 bits per heavy atom. The Bertz CT molecular complexity index is 1110. The van der Waals surface area contributed by atoms with Crippen molar-refractivity contribution in [3.63, 3.8) is 0 Å². The van der Waals surface area contributed by atoms with E-state index in [4.69, 9.17) is 10.5 Å². The minimum atomic E-state index is -1.53. The van der Waals surface area contributed by atoms with E-state index in [1.54, 1.807) is 24.3 Å². The Hall–Kier alpha value is -3.34. The van der Waals surface area contributed by atoms with Gasteiger partial charge in [-0.25, -0.2) is 4.39 Å². The standard InChI is InChI=1S/C26H36FN5O4.FH.2H2/c1-4-17(2)24(34)30-10-5-6-12-36-18-7-8-21-20(13-18)19(9-11-29-21)25(35)31-15-23(33)32-16-26(3,27)14-22(32)28;;;/h7-9,11,13,17,22H,4-6,10,12,14-16,28H2,1-3H3,(H,30,34)(H,31,35);3*1H/t17?,22-,26?;;;/m1.../s1. The number of halogens is 2. The van der Waals surface area contributed by atoms with Crippen molar-refractivity contribution < 1.29 is 31.1 Å². The molecule has 3 amide bonds.